The van der Waals surface area contributed by atoms with E-state index in [1.165, 1.54) is 0 Å². The number of aromatic nitrogens is 3. The number of hydrogen-bond acceptors (Lipinski definition) is 3. The highest BCUT2D eigenvalue weighted by molar-refractivity contribution is 9.10. The summed E-state index contributed by atoms with van der Waals surface area (Å²) in [7, 11) is 0. The molecule has 3 rings (SSSR count). The number of aryl methyl sites for hydroxylation is 1. The summed E-state index contributed by atoms with van der Waals surface area (Å²) in [6.45, 7) is 1.88. The van der Waals surface area contributed by atoms with Crippen LogP contribution in [0.15, 0.2) is 32.0 Å². The van der Waals surface area contributed by atoms with E-state index in [9.17, 15) is 4.79 Å². The second kappa shape index (κ2) is 3.59. The van der Waals surface area contributed by atoms with Crippen LogP contribution in [0.5, 0.6) is 0 Å². The first-order valence-electron chi connectivity index (χ1n) is 4.99. The van der Waals surface area contributed by atoms with Crippen molar-refractivity contribution >= 4 is 27.0 Å². The van der Waals surface area contributed by atoms with Gasteiger partial charge in [-0.15, -0.1) is 0 Å². The van der Waals surface area contributed by atoms with Gasteiger partial charge in [-0.2, -0.15) is 0 Å². The Morgan fingerprint density at radius 1 is 1.35 bits per heavy atom. The van der Waals surface area contributed by atoms with E-state index >= 15 is 0 Å². The van der Waals surface area contributed by atoms with Crippen molar-refractivity contribution in [1.82, 2.24) is 15.0 Å². The van der Waals surface area contributed by atoms with Crippen molar-refractivity contribution in [2.75, 3.05) is 0 Å². The van der Waals surface area contributed by atoms with E-state index in [1.54, 1.807) is 12.1 Å². The average Bonchev–Trinajstić information content (AvgIpc) is 2.78. The number of hydrogen-bond donors (Lipinski definition) is 2. The molecule has 0 amide bonds. The molecular weight excluding hydrogens is 286 g/mol. The van der Waals surface area contributed by atoms with E-state index in [1.807, 2.05) is 13.0 Å². The monoisotopic (exact) mass is 293 g/mol. The van der Waals surface area contributed by atoms with Crippen LogP contribution in [0.4, 0.5) is 0 Å². The van der Waals surface area contributed by atoms with E-state index in [2.05, 4.69) is 30.9 Å². The number of aromatic amines is 2. The molecule has 0 atom stereocenters. The number of fused-ring (bicyclic) bond motifs is 1. The summed E-state index contributed by atoms with van der Waals surface area (Å²) in [5.41, 5.74) is 2.90. The highest BCUT2D eigenvalue weighted by Gasteiger charge is 2.10. The molecule has 6 heteroatoms. The van der Waals surface area contributed by atoms with Gasteiger partial charge in [0, 0.05) is 5.56 Å². The Balaban J connectivity index is 2.23. The molecule has 0 aliphatic rings. The maximum absolute atomic E-state index is 11.1. The SMILES string of the molecule is Cc1nc(-c2ccc3[nH]c(=O)oc3c2)c(Br)[nH]1. The number of H-pyrrole nitrogens is 2. The smallest absolute Gasteiger partial charge is 0.408 e. The molecule has 0 saturated heterocycles. The third-order valence-corrected chi connectivity index (χ3v) is 3.05. The van der Waals surface area contributed by atoms with Crippen LogP contribution < -0.4 is 5.76 Å². The Hall–Kier alpha value is -1.82. The van der Waals surface area contributed by atoms with Gasteiger partial charge >= 0.3 is 5.76 Å². The van der Waals surface area contributed by atoms with Gasteiger partial charge < -0.3 is 9.40 Å². The number of nitrogens with zero attached hydrogens (tertiary/aromatic N) is 1. The molecule has 1 aromatic carbocycles. The van der Waals surface area contributed by atoms with E-state index in [0.29, 0.717) is 11.1 Å². The fourth-order valence-electron chi connectivity index (χ4n) is 1.75. The van der Waals surface area contributed by atoms with Gasteiger partial charge in [0.25, 0.3) is 0 Å². The Morgan fingerprint density at radius 3 is 2.88 bits per heavy atom. The van der Waals surface area contributed by atoms with Crippen molar-refractivity contribution in [3.63, 3.8) is 0 Å². The first-order valence-corrected chi connectivity index (χ1v) is 5.78. The minimum absolute atomic E-state index is 0.450. The second-order valence-corrected chi connectivity index (χ2v) is 4.50. The minimum atomic E-state index is -0.450. The predicted octanol–water partition coefficient (Wildman–Crippen LogP) is 2.58. The van der Waals surface area contributed by atoms with Crippen LogP contribution in [0.25, 0.3) is 22.4 Å². The second-order valence-electron chi connectivity index (χ2n) is 3.71. The van der Waals surface area contributed by atoms with Crippen LogP contribution in [-0.2, 0) is 0 Å². The molecule has 0 aliphatic heterocycles. The zero-order chi connectivity index (χ0) is 12.0. The van der Waals surface area contributed by atoms with Crippen molar-refractivity contribution in [2.45, 2.75) is 6.92 Å². The molecule has 0 fully saturated rings. The maximum atomic E-state index is 11.1. The van der Waals surface area contributed by atoms with Gasteiger partial charge in [-0.25, -0.2) is 9.78 Å². The Bertz CT molecular complexity index is 754. The molecule has 0 radical (unpaired) electrons. The first-order chi connectivity index (χ1) is 8.13. The van der Waals surface area contributed by atoms with Crippen LogP contribution in [-0.4, -0.2) is 15.0 Å². The van der Waals surface area contributed by atoms with Crippen LogP contribution in [0.3, 0.4) is 0 Å². The summed E-state index contributed by atoms with van der Waals surface area (Å²) in [5, 5.41) is 0. The highest BCUT2D eigenvalue weighted by atomic mass is 79.9. The largest absolute Gasteiger partial charge is 0.417 e. The molecular formula is C11H8BrN3O2. The molecule has 0 aliphatic carbocycles. The molecule has 0 unspecified atom stereocenters. The van der Waals surface area contributed by atoms with E-state index < -0.39 is 5.76 Å². The summed E-state index contributed by atoms with van der Waals surface area (Å²) in [5.74, 6) is 0.372. The molecule has 17 heavy (non-hydrogen) atoms. The Labute approximate surface area is 104 Å². The molecule has 2 N–H and O–H groups in total. The van der Waals surface area contributed by atoms with E-state index in [-0.39, 0.29) is 0 Å². The highest BCUT2D eigenvalue weighted by Crippen LogP contribution is 2.27. The van der Waals surface area contributed by atoms with Gasteiger partial charge in [0.15, 0.2) is 5.58 Å². The summed E-state index contributed by atoms with van der Waals surface area (Å²) < 4.78 is 5.82. The Kier molecular flexibility index (Phi) is 2.19. The third-order valence-electron chi connectivity index (χ3n) is 2.47. The average molecular weight is 294 g/mol. The summed E-state index contributed by atoms with van der Waals surface area (Å²) in [6, 6.07) is 5.47. The quantitative estimate of drug-likeness (QED) is 0.724. The van der Waals surface area contributed by atoms with Crippen molar-refractivity contribution in [3.05, 3.63) is 39.2 Å². The molecule has 0 bridgehead atoms. The first kappa shape index (κ1) is 10.3. The molecule has 0 spiro atoms. The van der Waals surface area contributed by atoms with Crippen LogP contribution in [0.2, 0.25) is 0 Å². The number of nitrogens with one attached hydrogen (secondary N) is 2. The van der Waals surface area contributed by atoms with Crippen LogP contribution in [0.1, 0.15) is 5.82 Å². The topological polar surface area (TPSA) is 74.7 Å². The van der Waals surface area contributed by atoms with Gasteiger partial charge in [0.1, 0.15) is 16.1 Å². The fraction of sp³-hybridized carbons (Fsp3) is 0.0909. The van der Waals surface area contributed by atoms with Gasteiger partial charge in [0.05, 0.1) is 5.52 Å². The number of imidazole rings is 1. The standard InChI is InChI=1S/C11H8BrN3O2/c1-5-13-9(10(12)14-5)6-2-3-7-8(4-6)17-11(16)15-7/h2-4H,1H3,(H,13,14)(H,15,16). The van der Waals surface area contributed by atoms with Crippen molar-refractivity contribution in [2.24, 2.45) is 0 Å². The van der Waals surface area contributed by atoms with E-state index in [0.717, 1.165) is 21.7 Å². The molecule has 2 heterocycles. The fourth-order valence-corrected chi connectivity index (χ4v) is 2.35. The van der Waals surface area contributed by atoms with Gasteiger partial charge in [-0.1, -0.05) is 6.07 Å². The van der Waals surface area contributed by atoms with Gasteiger partial charge in [-0.05, 0) is 35.0 Å². The van der Waals surface area contributed by atoms with Gasteiger partial charge in [0.2, 0.25) is 0 Å². The summed E-state index contributed by atoms with van der Waals surface area (Å²) in [4.78, 5) is 21.1. The van der Waals surface area contributed by atoms with Crippen molar-refractivity contribution < 1.29 is 4.42 Å². The number of rotatable bonds is 1. The van der Waals surface area contributed by atoms with Crippen LogP contribution >= 0.6 is 15.9 Å². The minimum Gasteiger partial charge on any atom is -0.408 e. The summed E-state index contributed by atoms with van der Waals surface area (Å²) >= 11 is 3.40. The molecule has 5 nitrogen and oxygen atoms in total. The zero-order valence-electron chi connectivity index (χ0n) is 8.87. The molecule has 3 aromatic rings. The van der Waals surface area contributed by atoms with Crippen molar-refractivity contribution in [1.29, 1.82) is 0 Å². The van der Waals surface area contributed by atoms with E-state index in [4.69, 9.17) is 4.42 Å². The zero-order valence-corrected chi connectivity index (χ0v) is 10.5. The predicted molar refractivity (Wildman–Crippen MR) is 66.9 cm³/mol. The normalized spacial score (nSPS) is 11.2. The molecule has 0 saturated carbocycles. The van der Waals surface area contributed by atoms with Gasteiger partial charge in [-0.3, -0.25) is 4.98 Å². The third kappa shape index (κ3) is 1.70. The molecule has 2 aromatic heterocycles. The lowest BCUT2D eigenvalue weighted by Crippen LogP contribution is -1.92. The lowest BCUT2D eigenvalue weighted by atomic mass is 10.1. The van der Waals surface area contributed by atoms with Crippen LogP contribution in [0, 0.1) is 6.92 Å². The summed E-state index contributed by atoms with van der Waals surface area (Å²) in [6.07, 6.45) is 0. The number of halogens is 1. The maximum Gasteiger partial charge on any atom is 0.417 e. The van der Waals surface area contributed by atoms with Crippen molar-refractivity contribution in [3.8, 4) is 11.3 Å². The number of benzene rings is 1. The molecule has 86 valence electrons. The lowest BCUT2D eigenvalue weighted by Gasteiger charge is -1.96. The Morgan fingerprint density at radius 2 is 2.18 bits per heavy atom. The number of oxazole rings is 1. The lowest BCUT2D eigenvalue weighted by molar-refractivity contribution is 0.555.